The molecule has 0 aliphatic heterocycles. The molecule has 0 unspecified atom stereocenters. The quantitative estimate of drug-likeness (QED) is 0.562. The van der Waals surface area contributed by atoms with Crippen molar-refractivity contribution in [3.63, 3.8) is 0 Å². The predicted molar refractivity (Wildman–Crippen MR) is 92.7 cm³/mol. The van der Waals surface area contributed by atoms with E-state index in [4.69, 9.17) is 4.74 Å². The summed E-state index contributed by atoms with van der Waals surface area (Å²) in [7, 11) is 1.50. The summed E-state index contributed by atoms with van der Waals surface area (Å²) in [6.07, 6.45) is 0. The molecule has 128 valence electrons. The van der Waals surface area contributed by atoms with Crippen molar-refractivity contribution < 1.29 is 14.2 Å². The zero-order chi connectivity index (χ0) is 17.4. The second-order valence-corrected chi connectivity index (χ2v) is 5.15. The molecule has 0 aliphatic rings. The maximum absolute atomic E-state index is 13.7. The standard InChI is InChI=1S/C18H22FN3O2/c1-3-20-18(22-12-14-6-4-5-7-15(14)19)21-11-13-8-9-17(24-2)16(23)10-13/h4-10,23H,3,11-12H2,1-2H3,(H2,20,21,22). The highest BCUT2D eigenvalue weighted by molar-refractivity contribution is 5.79. The van der Waals surface area contributed by atoms with Gasteiger partial charge in [0.2, 0.25) is 0 Å². The molecule has 0 fully saturated rings. The first-order valence-corrected chi connectivity index (χ1v) is 7.75. The lowest BCUT2D eigenvalue weighted by Gasteiger charge is -2.12. The summed E-state index contributed by atoms with van der Waals surface area (Å²) in [5.41, 5.74) is 1.42. The second-order valence-electron chi connectivity index (χ2n) is 5.15. The fourth-order valence-electron chi connectivity index (χ4n) is 2.17. The van der Waals surface area contributed by atoms with Crippen LogP contribution in [0.1, 0.15) is 18.1 Å². The number of phenolic OH excluding ortho intramolecular Hbond substituents is 1. The number of hydrogen-bond acceptors (Lipinski definition) is 3. The van der Waals surface area contributed by atoms with Crippen LogP contribution < -0.4 is 15.4 Å². The van der Waals surface area contributed by atoms with Gasteiger partial charge in [-0.1, -0.05) is 24.3 Å². The van der Waals surface area contributed by atoms with Crippen molar-refractivity contribution in [1.82, 2.24) is 10.6 Å². The first-order chi connectivity index (χ1) is 11.6. The van der Waals surface area contributed by atoms with Gasteiger partial charge in [-0.3, -0.25) is 0 Å². The molecule has 0 heterocycles. The number of nitrogens with one attached hydrogen (secondary N) is 2. The van der Waals surface area contributed by atoms with E-state index in [1.165, 1.54) is 13.2 Å². The molecule has 6 heteroatoms. The van der Waals surface area contributed by atoms with E-state index < -0.39 is 0 Å². The van der Waals surface area contributed by atoms with Gasteiger partial charge in [-0.15, -0.1) is 0 Å². The molecule has 2 rings (SSSR count). The van der Waals surface area contributed by atoms with Gasteiger partial charge in [0.25, 0.3) is 0 Å². The summed E-state index contributed by atoms with van der Waals surface area (Å²) < 4.78 is 18.7. The summed E-state index contributed by atoms with van der Waals surface area (Å²) in [6, 6.07) is 11.8. The van der Waals surface area contributed by atoms with E-state index in [0.717, 1.165) is 5.56 Å². The molecule has 0 aliphatic carbocycles. The third-order valence-corrected chi connectivity index (χ3v) is 3.41. The number of halogens is 1. The van der Waals surface area contributed by atoms with Crippen LogP contribution in [0.25, 0.3) is 0 Å². The van der Waals surface area contributed by atoms with Crippen molar-refractivity contribution in [1.29, 1.82) is 0 Å². The van der Waals surface area contributed by atoms with E-state index in [9.17, 15) is 9.50 Å². The van der Waals surface area contributed by atoms with Crippen LogP contribution in [0.2, 0.25) is 0 Å². The van der Waals surface area contributed by atoms with E-state index in [0.29, 0.717) is 36.9 Å². The Bertz CT molecular complexity index is 704. The summed E-state index contributed by atoms with van der Waals surface area (Å²) >= 11 is 0. The molecule has 0 radical (unpaired) electrons. The lowest BCUT2D eigenvalue weighted by Crippen LogP contribution is -2.37. The smallest absolute Gasteiger partial charge is 0.191 e. The summed E-state index contributed by atoms with van der Waals surface area (Å²) in [6.45, 7) is 3.37. The van der Waals surface area contributed by atoms with E-state index in [1.807, 2.05) is 13.0 Å². The lowest BCUT2D eigenvalue weighted by molar-refractivity contribution is 0.373. The van der Waals surface area contributed by atoms with Gasteiger partial charge in [0, 0.05) is 18.7 Å². The third-order valence-electron chi connectivity index (χ3n) is 3.41. The predicted octanol–water partition coefficient (Wildman–Crippen LogP) is 2.80. The minimum absolute atomic E-state index is 0.0783. The highest BCUT2D eigenvalue weighted by Gasteiger charge is 2.04. The fraction of sp³-hybridized carbons (Fsp3) is 0.278. The van der Waals surface area contributed by atoms with E-state index >= 15 is 0 Å². The monoisotopic (exact) mass is 331 g/mol. The van der Waals surface area contributed by atoms with Crippen LogP contribution in [-0.2, 0) is 13.1 Å². The van der Waals surface area contributed by atoms with Gasteiger partial charge in [0.05, 0.1) is 13.7 Å². The number of hydrogen-bond donors (Lipinski definition) is 3. The van der Waals surface area contributed by atoms with Crippen molar-refractivity contribution in [2.45, 2.75) is 20.0 Å². The van der Waals surface area contributed by atoms with Crippen LogP contribution in [0.4, 0.5) is 4.39 Å². The molecule has 5 nitrogen and oxygen atoms in total. The molecule has 0 bridgehead atoms. The van der Waals surface area contributed by atoms with Gasteiger partial charge in [-0.2, -0.15) is 0 Å². The summed E-state index contributed by atoms with van der Waals surface area (Å²) in [4.78, 5) is 4.45. The Kier molecular flexibility index (Phi) is 6.42. The Labute approximate surface area is 141 Å². The first-order valence-electron chi connectivity index (χ1n) is 7.75. The number of ether oxygens (including phenoxy) is 1. The molecule has 0 saturated carbocycles. The van der Waals surface area contributed by atoms with E-state index in [-0.39, 0.29) is 11.6 Å². The molecule has 24 heavy (non-hydrogen) atoms. The minimum Gasteiger partial charge on any atom is -0.504 e. The van der Waals surface area contributed by atoms with Gasteiger partial charge in [-0.05, 0) is 30.7 Å². The first kappa shape index (κ1) is 17.6. The number of benzene rings is 2. The van der Waals surface area contributed by atoms with Crippen LogP contribution in [0.3, 0.4) is 0 Å². The highest BCUT2D eigenvalue weighted by atomic mass is 19.1. The number of guanidine groups is 1. The van der Waals surface area contributed by atoms with Crippen molar-refractivity contribution in [2.75, 3.05) is 13.7 Å². The van der Waals surface area contributed by atoms with Gasteiger partial charge >= 0.3 is 0 Å². The minimum atomic E-state index is -0.249. The number of phenols is 1. The average molecular weight is 331 g/mol. The zero-order valence-corrected chi connectivity index (χ0v) is 13.8. The molecule has 0 spiro atoms. The van der Waals surface area contributed by atoms with Crippen LogP contribution in [0.5, 0.6) is 11.5 Å². The second kappa shape index (κ2) is 8.76. The normalized spacial score (nSPS) is 11.2. The van der Waals surface area contributed by atoms with Gasteiger partial charge < -0.3 is 20.5 Å². The number of nitrogens with zero attached hydrogens (tertiary/aromatic N) is 1. The van der Waals surface area contributed by atoms with E-state index in [2.05, 4.69) is 15.6 Å². The Morgan fingerprint density at radius 3 is 2.67 bits per heavy atom. The Morgan fingerprint density at radius 2 is 2.00 bits per heavy atom. The van der Waals surface area contributed by atoms with Crippen LogP contribution >= 0.6 is 0 Å². The van der Waals surface area contributed by atoms with Crippen molar-refractivity contribution >= 4 is 5.96 Å². The lowest BCUT2D eigenvalue weighted by atomic mass is 10.2. The highest BCUT2D eigenvalue weighted by Crippen LogP contribution is 2.26. The van der Waals surface area contributed by atoms with Gasteiger partial charge in [-0.25, -0.2) is 9.38 Å². The molecular weight excluding hydrogens is 309 g/mol. The molecule has 0 atom stereocenters. The Hall–Kier alpha value is -2.76. The van der Waals surface area contributed by atoms with Crippen LogP contribution in [0.15, 0.2) is 47.5 Å². The maximum Gasteiger partial charge on any atom is 0.191 e. The Morgan fingerprint density at radius 1 is 1.21 bits per heavy atom. The molecule has 0 aromatic heterocycles. The topological polar surface area (TPSA) is 65.9 Å². The average Bonchev–Trinajstić information content (AvgIpc) is 2.58. The van der Waals surface area contributed by atoms with Crippen LogP contribution in [-0.4, -0.2) is 24.7 Å². The van der Waals surface area contributed by atoms with Gasteiger partial charge in [0.1, 0.15) is 5.82 Å². The number of rotatable bonds is 6. The third kappa shape index (κ3) is 4.87. The fourth-order valence-corrected chi connectivity index (χ4v) is 2.17. The number of aliphatic imine (C=N–C) groups is 1. The maximum atomic E-state index is 13.7. The molecule has 2 aromatic carbocycles. The largest absolute Gasteiger partial charge is 0.504 e. The molecule has 3 N–H and O–H groups in total. The molecule has 2 aromatic rings. The SMILES string of the molecule is CCNC(=NCc1ccc(OC)c(O)c1)NCc1ccccc1F. The molecular formula is C18H22FN3O2. The zero-order valence-electron chi connectivity index (χ0n) is 13.8. The van der Waals surface area contributed by atoms with E-state index in [1.54, 1.807) is 30.3 Å². The molecule has 0 amide bonds. The van der Waals surface area contributed by atoms with Gasteiger partial charge in [0.15, 0.2) is 17.5 Å². The van der Waals surface area contributed by atoms with Crippen molar-refractivity contribution in [3.8, 4) is 11.5 Å². The summed E-state index contributed by atoms with van der Waals surface area (Å²) in [5, 5.41) is 16.0. The van der Waals surface area contributed by atoms with Crippen molar-refractivity contribution in [2.24, 2.45) is 4.99 Å². The Balaban J connectivity index is 2.02. The number of aromatic hydroxyl groups is 1. The molecule has 0 saturated heterocycles. The van der Waals surface area contributed by atoms with Crippen molar-refractivity contribution in [3.05, 3.63) is 59.4 Å². The van der Waals surface area contributed by atoms with Crippen LogP contribution in [0, 0.1) is 5.82 Å². The summed E-state index contributed by atoms with van der Waals surface area (Å²) in [5.74, 6) is 0.832. The number of methoxy groups -OCH3 is 1.